The third kappa shape index (κ3) is 6.25. The van der Waals surface area contributed by atoms with E-state index in [-0.39, 0.29) is 35.6 Å². The Labute approximate surface area is 181 Å². The molecule has 0 spiro atoms. The van der Waals surface area contributed by atoms with Crippen molar-refractivity contribution in [1.82, 2.24) is 5.32 Å². The Morgan fingerprint density at radius 3 is 2.53 bits per heavy atom. The largest absolute Gasteiger partial charge is 0.362 e. The van der Waals surface area contributed by atoms with E-state index in [1.54, 1.807) is 18.2 Å². The van der Waals surface area contributed by atoms with Gasteiger partial charge in [-0.3, -0.25) is 0 Å². The van der Waals surface area contributed by atoms with Gasteiger partial charge in [-0.15, -0.1) is 0 Å². The minimum Gasteiger partial charge on any atom is -0.362 e. The molecule has 2 rings (SSSR count). The highest BCUT2D eigenvalue weighted by Crippen LogP contribution is 2.28. The van der Waals surface area contributed by atoms with Gasteiger partial charge in [0.1, 0.15) is 24.0 Å². The molecule has 0 aromatic heterocycles. The van der Waals surface area contributed by atoms with Gasteiger partial charge in [0.05, 0.1) is 10.6 Å². The first kappa shape index (κ1) is 23.8. The van der Waals surface area contributed by atoms with Crippen LogP contribution in [0.1, 0.15) is 44.2 Å². The topological polar surface area (TPSA) is 56.1 Å². The van der Waals surface area contributed by atoms with E-state index in [2.05, 4.69) is 19.2 Å². The highest BCUT2D eigenvalue weighted by molar-refractivity contribution is 6.32. The lowest BCUT2D eigenvalue weighted by Crippen LogP contribution is -2.45. The lowest BCUT2D eigenvalue weighted by Gasteiger charge is -2.34. The average molecular weight is 434 g/mol. The maximum Gasteiger partial charge on any atom is 0.128 e. The van der Waals surface area contributed by atoms with E-state index in [1.807, 2.05) is 11.0 Å². The van der Waals surface area contributed by atoms with Crippen LogP contribution in [-0.2, 0) is 11.3 Å². The summed E-state index contributed by atoms with van der Waals surface area (Å²) in [4.78, 5) is 13.2. The summed E-state index contributed by atoms with van der Waals surface area (Å²) in [6.45, 7) is 4.70. The molecular formula is C23H26ClF2N3O. The van der Waals surface area contributed by atoms with E-state index in [0.29, 0.717) is 17.8 Å². The Balaban J connectivity index is 2.44. The Morgan fingerprint density at radius 1 is 1.20 bits per heavy atom. The van der Waals surface area contributed by atoms with E-state index in [1.165, 1.54) is 0 Å². The first-order valence-corrected chi connectivity index (χ1v) is 10.4. The van der Waals surface area contributed by atoms with E-state index in [0.717, 1.165) is 37.3 Å². The van der Waals surface area contributed by atoms with Gasteiger partial charge in [-0.25, -0.2) is 8.78 Å². The predicted octanol–water partition coefficient (Wildman–Crippen LogP) is 5.23. The Bertz CT molecular complexity index is 897. The second-order valence-electron chi connectivity index (χ2n) is 7.12. The van der Waals surface area contributed by atoms with Crippen LogP contribution in [0, 0.1) is 23.0 Å². The van der Waals surface area contributed by atoms with Crippen molar-refractivity contribution in [2.45, 2.75) is 51.7 Å². The zero-order valence-corrected chi connectivity index (χ0v) is 17.9. The van der Waals surface area contributed by atoms with Gasteiger partial charge in [-0.2, -0.15) is 5.26 Å². The van der Waals surface area contributed by atoms with Crippen molar-refractivity contribution in [3.05, 3.63) is 64.2 Å². The van der Waals surface area contributed by atoms with Gasteiger partial charge in [0.25, 0.3) is 0 Å². The summed E-state index contributed by atoms with van der Waals surface area (Å²) >= 11 is 6.22. The van der Waals surface area contributed by atoms with Crippen LogP contribution in [0.25, 0.3) is 0 Å². The number of rotatable bonds is 11. The Hall–Kier alpha value is -2.49. The highest BCUT2D eigenvalue weighted by atomic mass is 35.5. The monoisotopic (exact) mass is 433 g/mol. The molecule has 1 N–H and O–H groups in total. The van der Waals surface area contributed by atoms with E-state index in [4.69, 9.17) is 16.9 Å². The van der Waals surface area contributed by atoms with Gasteiger partial charge < -0.3 is 15.0 Å². The van der Waals surface area contributed by atoms with Crippen LogP contribution in [-0.4, -0.2) is 24.9 Å². The molecule has 0 heterocycles. The molecule has 160 valence electrons. The molecule has 0 bridgehead atoms. The van der Waals surface area contributed by atoms with Crippen molar-refractivity contribution in [3.8, 4) is 6.07 Å². The number of carbonyl (C=O) groups is 1. The smallest absolute Gasteiger partial charge is 0.128 e. The summed E-state index contributed by atoms with van der Waals surface area (Å²) < 4.78 is 28.1. The molecule has 0 fully saturated rings. The van der Waals surface area contributed by atoms with Gasteiger partial charge in [0, 0.05) is 42.8 Å². The number of hydrogen-bond donors (Lipinski definition) is 1. The second kappa shape index (κ2) is 11.6. The van der Waals surface area contributed by atoms with Gasteiger partial charge in [0.15, 0.2) is 0 Å². The first-order chi connectivity index (χ1) is 14.4. The van der Waals surface area contributed by atoms with Crippen molar-refractivity contribution < 1.29 is 13.6 Å². The average Bonchev–Trinajstić information content (AvgIpc) is 2.74. The molecule has 0 saturated carbocycles. The summed E-state index contributed by atoms with van der Waals surface area (Å²) in [5.41, 5.74) is 1.12. The van der Waals surface area contributed by atoms with E-state index in [9.17, 15) is 13.6 Å². The van der Waals surface area contributed by atoms with Crippen LogP contribution in [0.15, 0.2) is 36.4 Å². The van der Waals surface area contributed by atoms with Gasteiger partial charge in [-0.05, 0) is 49.2 Å². The minimum absolute atomic E-state index is 0.0505. The van der Waals surface area contributed by atoms with Crippen LogP contribution >= 0.6 is 11.6 Å². The zero-order chi connectivity index (χ0) is 22.1. The number of nitriles is 1. The molecule has 0 radical (unpaired) electrons. The number of carbonyl (C=O) groups excluding carboxylic acids is 1. The van der Waals surface area contributed by atoms with Crippen LogP contribution in [0.2, 0.25) is 5.02 Å². The summed E-state index contributed by atoms with van der Waals surface area (Å²) in [6, 6.07) is 10.2. The Morgan fingerprint density at radius 2 is 1.93 bits per heavy atom. The summed E-state index contributed by atoms with van der Waals surface area (Å²) in [6.07, 6.45) is 2.89. The number of aldehydes is 1. The molecule has 4 nitrogen and oxygen atoms in total. The molecule has 0 aliphatic carbocycles. The van der Waals surface area contributed by atoms with Gasteiger partial charge >= 0.3 is 0 Å². The first-order valence-electron chi connectivity index (χ1n) is 10.0. The van der Waals surface area contributed by atoms with Crippen molar-refractivity contribution in [3.63, 3.8) is 0 Å². The fraction of sp³-hybridized carbons (Fsp3) is 0.391. The van der Waals surface area contributed by atoms with Gasteiger partial charge in [-0.1, -0.05) is 25.4 Å². The third-order valence-electron chi connectivity index (χ3n) is 5.19. The molecule has 30 heavy (non-hydrogen) atoms. The highest BCUT2D eigenvalue weighted by Gasteiger charge is 2.22. The molecule has 0 unspecified atom stereocenters. The van der Waals surface area contributed by atoms with Crippen molar-refractivity contribution >= 4 is 23.6 Å². The van der Waals surface area contributed by atoms with E-state index < -0.39 is 11.6 Å². The van der Waals surface area contributed by atoms with Gasteiger partial charge in [0.2, 0.25) is 0 Å². The number of nitrogens with one attached hydrogen (secondary N) is 1. The van der Waals surface area contributed by atoms with Crippen molar-refractivity contribution in [1.29, 1.82) is 5.26 Å². The number of nitrogens with zero attached hydrogens (tertiary/aromatic N) is 2. The van der Waals surface area contributed by atoms with Crippen molar-refractivity contribution in [2.24, 2.45) is 0 Å². The minimum atomic E-state index is -0.536. The molecule has 0 aliphatic rings. The normalized spacial score (nSPS) is 11.9. The second-order valence-corrected chi connectivity index (χ2v) is 7.52. The standard InChI is InChI=1S/C23H26ClF2N3O/c1-3-19(4-2)28-14-21(9-10-30)29(15-17-11-18(25)6-8-23(17)26)20-7-5-16(13-27)22(24)12-20/h5-8,10-12,19,21,28H,3-4,9,14-15H2,1-2H3/t21-/m0/s1. The summed E-state index contributed by atoms with van der Waals surface area (Å²) in [5, 5.41) is 12.9. The lowest BCUT2D eigenvalue weighted by molar-refractivity contribution is -0.108. The van der Waals surface area contributed by atoms with Crippen LogP contribution in [0.5, 0.6) is 0 Å². The lowest BCUT2D eigenvalue weighted by atomic mass is 10.1. The molecule has 2 aromatic carbocycles. The van der Waals surface area contributed by atoms with Crippen molar-refractivity contribution in [2.75, 3.05) is 11.4 Å². The summed E-state index contributed by atoms with van der Waals surface area (Å²) in [5.74, 6) is -1.06. The molecule has 7 heteroatoms. The quantitative estimate of drug-likeness (QED) is 0.493. The molecule has 2 aromatic rings. The number of benzene rings is 2. The molecule has 0 amide bonds. The molecule has 0 aliphatic heterocycles. The zero-order valence-electron chi connectivity index (χ0n) is 17.2. The third-order valence-corrected chi connectivity index (χ3v) is 5.50. The fourth-order valence-corrected chi connectivity index (χ4v) is 3.58. The fourth-order valence-electron chi connectivity index (χ4n) is 3.36. The van der Waals surface area contributed by atoms with Crippen LogP contribution < -0.4 is 10.2 Å². The SMILES string of the molecule is CCC(CC)NC[C@H](CC=O)N(Cc1cc(F)ccc1F)c1ccc(C#N)c(Cl)c1. The number of hydrogen-bond acceptors (Lipinski definition) is 4. The predicted molar refractivity (Wildman–Crippen MR) is 116 cm³/mol. The molecule has 0 saturated heterocycles. The molecule has 1 atom stereocenters. The number of anilines is 1. The van der Waals surface area contributed by atoms with Crippen LogP contribution in [0.4, 0.5) is 14.5 Å². The number of halogens is 3. The molecular weight excluding hydrogens is 408 g/mol. The maximum atomic E-state index is 14.4. The van der Waals surface area contributed by atoms with E-state index >= 15 is 0 Å². The maximum absolute atomic E-state index is 14.4. The van der Waals surface area contributed by atoms with Crippen LogP contribution in [0.3, 0.4) is 0 Å². The Kier molecular flexibility index (Phi) is 9.22. The summed E-state index contributed by atoms with van der Waals surface area (Å²) in [7, 11) is 0.